The van der Waals surface area contributed by atoms with E-state index in [1.807, 2.05) is 36.2 Å². The number of guanidine groups is 1. The van der Waals surface area contributed by atoms with Gasteiger partial charge in [-0.05, 0) is 18.2 Å². The summed E-state index contributed by atoms with van der Waals surface area (Å²) in [7, 11) is 5.42. The minimum atomic E-state index is -0.619. The van der Waals surface area contributed by atoms with Gasteiger partial charge in [0, 0.05) is 38.5 Å². The summed E-state index contributed by atoms with van der Waals surface area (Å²) in [5, 5.41) is 13.7. The van der Waals surface area contributed by atoms with Crippen molar-refractivity contribution >= 4 is 41.7 Å². The van der Waals surface area contributed by atoms with E-state index in [2.05, 4.69) is 10.3 Å². The summed E-state index contributed by atoms with van der Waals surface area (Å²) in [4.78, 5) is 6.34. The molecule has 1 unspecified atom stereocenters. The number of aliphatic hydroxyl groups is 1. The molecule has 1 heterocycles. The summed E-state index contributed by atoms with van der Waals surface area (Å²) in [6.45, 7) is 1.22. The number of nitrogens with one attached hydrogen (secondary N) is 1. The van der Waals surface area contributed by atoms with Crippen molar-refractivity contribution in [3.63, 3.8) is 0 Å². The van der Waals surface area contributed by atoms with Gasteiger partial charge in [-0.25, -0.2) is 0 Å². The van der Waals surface area contributed by atoms with Gasteiger partial charge in [0.05, 0.1) is 12.7 Å². The molecule has 0 spiro atoms. The molecule has 0 aromatic heterocycles. The largest absolute Gasteiger partial charge is 0.496 e. The maximum atomic E-state index is 10.4. The monoisotopic (exact) mass is 451 g/mol. The molecule has 1 saturated heterocycles. The first-order valence-corrected chi connectivity index (χ1v) is 8.57. The van der Waals surface area contributed by atoms with E-state index >= 15 is 0 Å². The SMILES string of the molecule is CN=C(NCC1(O)CCSC1)N(C)Cc1ccccc1OC.I. The molecule has 1 fully saturated rings. The zero-order chi connectivity index (χ0) is 16.0. The second kappa shape index (κ2) is 9.58. The van der Waals surface area contributed by atoms with Crippen LogP contribution in [0, 0.1) is 0 Å². The van der Waals surface area contributed by atoms with Crippen LogP contribution in [0.4, 0.5) is 0 Å². The molecule has 7 heteroatoms. The molecule has 2 N–H and O–H groups in total. The molecule has 0 bridgehead atoms. The van der Waals surface area contributed by atoms with Crippen LogP contribution in [0.15, 0.2) is 29.3 Å². The lowest BCUT2D eigenvalue weighted by Gasteiger charge is -2.27. The molecular formula is C16H26IN3O2S. The summed E-state index contributed by atoms with van der Waals surface area (Å²) in [6, 6.07) is 7.96. The number of benzene rings is 1. The Morgan fingerprint density at radius 1 is 1.48 bits per heavy atom. The Morgan fingerprint density at radius 3 is 2.83 bits per heavy atom. The van der Waals surface area contributed by atoms with Gasteiger partial charge in [-0.2, -0.15) is 11.8 Å². The fourth-order valence-corrected chi connectivity index (χ4v) is 3.82. The number of aliphatic imine (C=N–C) groups is 1. The van der Waals surface area contributed by atoms with Crippen molar-refractivity contribution in [1.29, 1.82) is 0 Å². The predicted octanol–water partition coefficient (Wildman–Crippen LogP) is 2.19. The number of hydrogen-bond donors (Lipinski definition) is 2. The highest BCUT2D eigenvalue weighted by atomic mass is 127. The Bertz CT molecular complexity index is 522. The highest BCUT2D eigenvalue weighted by molar-refractivity contribution is 14.0. The Balaban J connectivity index is 0.00000264. The van der Waals surface area contributed by atoms with Gasteiger partial charge in [0.15, 0.2) is 5.96 Å². The van der Waals surface area contributed by atoms with Gasteiger partial charge in [0.25, 0.3) is 0 Å². The van der Waals surface area contributed by atoms with Crippen LogP contribution in [-0.2, 0) is 6.54 Å². The van der Waals surface area contributed by atoms with Crippen molar-refractivity contribution in [2.45, 2.75) is 18.6 Å². The quantitative estimate of drug-likeness (QED) is 0.409. The van der Waals surface area contributed by atoms with Crippen LogP contribution >= 0.6 is 35.7 Å². The Morgan fingerprint density at radius 2 is 2.22 bits per heavy atom. The normalized spacial score (nSPS) is 20.8. The number of rotatable bonds is 5. The fraction of sp³-hybridized carbons (Fsp3) is 0.562. The second-order valence-corrected chi connectivity index (χ2v) is 6.70. The van der Waals surface area contributed by atoms with Crippen molar-refractivity contribution in [3.05, 3.63) is 29.8 Å². The van der Waals surface area contributed by atoms with Crippen LogP contribution in [0.3, 0.4) is 0 Å². The standard InChI is InChI=1S/C16H25N3O2S.HI/c1-17-15(18-11-16(20)8-9-22-12-16)19(2)10-13-6-4-5-7-14(13)21-3;/h4-7,20H,8-12H2,1-3H3,(H,17,18);1H. The van der Waals surface area contributed by atoms with Gasteiger partial charge in [0.1, 0.15) is 5.75 Å². The number of methoxy groups -OCH3 is 1. The van der Waals surface area contributed by atoms with E-state index in [0.29, 0.717) is 13.1 Å². The molecule has 130 valence electrons. The van der Waals surface area contributed by atoms with Gasteiger partial charge in [0.2, 0.25) is 0 Å². The minimum absolute atomic E-state index is 0. The summed E-state index contributed by atoms with van der Waals surface area (Å²) in [6.07, 6.45) is 0.831. The predicted molar refractivity (Wildman–Crippen MR) is 108 cm³/mol. The Hall–Kier alpha value is -0.670. The van der Waals surface area contributed by atoms with E-state index in [0.717, 1.165) is 35.2 Å². The van der Waals surface area contributed by atoms with Crippen LogP contribution in [0.25, 0.3) is 0 Å². The molecule has 23 heavy (non-hydrogen) atoms. The lowest BCUT2D eigenvalue weighted by Crippen LogP contribution is -2.47. The third-order valence-corrected chi connectivity index (χ3v) is 5.07. The van der Waals surface area contributed by atoms with Gasteiger partial charge in [-0.1, -0.05) is 18.2 Å². The molecular weight excluding hydrogens is 425 g/mol. The van der Waals surface area contributed by atoms with Crippen LogP contribution in [0.2, 0.25) is 0 Å². The molecule has 0 amide bonds. The summed E-state index contributed by atoms with van der Waals surface area (Å²) < 4.78 is 5.39. The van der Waals surface area contributed by atoms with Crippen LogP contribution in [0.1, 0.15) is 12.0 Å². The average molecular weight is 451 g/mol. The zero-order valence-corrected chi connectivity index (χ0v) is 17.1. The van der Waals surface area contributed by atoms with Gasteiger partial charge in [-0.3, -0.25) is 4.99 Å². The first-order valence-electron chi connectivity index (χ1n) is 7.42. The molecule has 0 radical (unpaired) electrons. The summed E-state index contributed by atoms with van der Waals surface area (Å²) in [5.74, 6) is 3.45. The summed E-state index contributed by atoms with van der Waals surface area (Å²) >= 11 is 1.80. The van der Waals surface area contributed by atoms with E-state index < -0.39 is 5.60 Å². The lowest BCUT2D eigenvalue weighted by molar-refractivity contribution is 0.0718. The molecule has 0 saturated carbocycles. The first kappa shape index (κ1) is 20.4. The minimum Gasteiger partial charge on any atom is -0.496 e. The number of halogens is 1. The third kappa shape index (κ3) is 5.72. The number of nitrogens with zero attached hydrogens (tertiary/aromatic N) is 2. The maximum absolute atomic E-state index is 10.4. The van der Waals surface area contributed by atoms with E-state index in [4.69, 9.17) is 4.74 Å². The summed E-state index contributed by atoms with van der Waals surface area (Å²) in [5.41, 5.74) is 0.483. The topological polar surface area (TPSA) is 57.1 Å². The lowest BCUT2D eigenvalue weighted by atomic mass is 10.0. The van der Waals surface area contributed by atoms with Gasteiger partial charge < -0.3 is 20.1 Å². The maximum Gasteiger partial charge on any atom is 0.193 e. The number of hydrogen-bond acceptors (Lipinski definition) is 4. The molecule has 1 aliphatic heterocycles. The van der Waals surface area contributed by atoms with Crippen molar-refractivity contribution in [2.75, 3.05) is 39.3 Å². The highest BCUT2D eigenvalue weighted by Crippen LogP contribution is 2.27. The molecule has 0 aliphatic carbocycles. The molecule has 5 nitrogen and oxygen atoms in total. The fourth-order valence-electron chi connectivity index (χ4n) is 2.53. The van der Waals surface area contributed by atoms with E-state index in [1.165, 1.54) is 0 Å². The van der Waals surface area contributed by atoms with Crippen molar-refractivity contribution in [2.24, 2.45) is 4.99 Å². The molecule has 1 aromatic rings. The molecule has 1 atom stereocenters. The van der Waals surface area contributed by atoms with Crippen molar-refractivity contribution < 1.29 is 9.84 Å². The molecule has 2 rings (SSSR count). The van der Waals surface area contributed by atoms with Crippen LogP contribution < -0.4 is 10.1 Å². The smallest absolute Gasteiger partial charge is 0.193 e. The van der Waals surface area contributed by atoms with Crippen molar-refractivity contribution in [1.82, 2.24) is 10.2 Å². The Kier molecular flexibility index (Phi) is 8.49. The van der Waals surface area contributed by atoms with Crippen LogP contribution in [0.5, 0.6) is 5.75 Å². The van der Waals surface area contributed by atoms with Gasteiger partial charge in [-0.15, -0.1) is 24.0 Å². The second-order valence-electron chi connectivity index (χ2n) is 5.60. The first-order chi connectivity index (χ1) is 10.6. The number of para-hydroxylation sites is 1. The highest BCUT2D eigenvalue weighted by Gasteiger charge is 2.31. The average Bonchev–Trinajstić information content (AvgIpc) is 2.95. The van der Waals surface area contributed by atoms with Crippen molar-refractivity contribution in [3.8, 4) is 5.75 Å². The van der Waals surface area contributed by atoms with Gasteiger partial charge >= 0.3 is 0 Å². The number of ether oxygens (including phenoxy) is 1. The Labute approximate surface area is 159 Å². The molecule has 1 aromatic carbocycles. The third-order valence-electron chi connectivity index (χ3n) is 3.83. The van der Waals surface area contributed by atoms with E-state index in [1.54, 1.807) is 25.9 Å². The van der Waals surface area contributed by atoms with Crippen LogP contribution in [-0.4, -0.2) is 60.8 Å². The van der Waals surface area contributed by atoms with E-state index in [-0.39, 0.29) is 24.0 Å². The zero-order valence-electron chi connectivity index (χ0n) is 13.9. The van der Waals surface area contributed by atoms with E-state index in [9.17, 15) is 5.11 Å². The number of thioether (sulfide) groups is 1. The molecule has 1 aliphatic rings.